The van der Waals surface area contributed by atoms with Gasteiger partial charge in [0.1, 0.15) is 11.0 Å². The number of aromatic amines is 1. The van der Waals surface area contributed by atoms with E-state index in [2.05, 4.69) is 30.9 Å². The summed E-state index contributed by atoms with van der Waals surface area (Å²) in [5.74, 6) is 0. The van der Waals surface area contributed by atoms with E-state index in [0.29, 0.717) is 18.9 Å². The molecule has 2 amide bonds. The summed E-state index contributed by atoms with van der Waals surface area (Å²) in [6.45, 7) is 3.44. The van der Waals surface area contributed by atoms with Gasteiger partial charge in [0, 0.05) is 5.69 Å². The van der Waals surface area contributed by atoms with Gasteiger partial charge in [0.05, 0.1) is 25.3 Å². The fourth-order valence-electron chi connectivity index (χ4n) is 3.54. The van der Waals surface area contributed by atoms with Crippen molar-refractivity contribution in [3.05, 3.63) is 18.2 Å². The normalized spacial score (nSPS) is 25.0. The summed E-state index contributed by atoms with van der Waals surface area (Å²) >= 11 is 0. The van der Waals surface area contributed by atoms with Crippen LogP contribution in [0.3, 0.4) is 0 Å². The number of benzene rings is 1. The number of carbonyl (C=O) groups is 1. The first-order valence-electron chi connectivity index (χ1n) is 8.49. The van der Waals surface area contributed by atoms with Crippen LogP contribution in [0.25, 0.3) is 11.0 Å². The van der Waals surface area contributed by atoms with Gasteiger partial charge in [-0.15, -0.1) is 0 Å². The molecule has 1 aromatic heterocycles. The molecule has 2 aromatic rings. The Kier molecular flexibility index (Phi) is 4.31. The maximum absolute atomic E-state index is 12.3. The Morgan fingerprint density at radius 3 is 2.88 bits per heavy atom. The average Bonchev–Trinajstić information content (AvgIpc) is 3.24. The summed E-state index contributed by atoms with van der Waals surface area (Å²) in [5.41, 5.74) is 2.20. The van der Waals surface area contributed by atoms with Crippen LogP contribution in [-0.4, -0.2) is 64.7 Å². The molecule has 128 valence electrons. The molecular formula is C16H22N6O2. The zero-order valence-electron chi connectivity index (χ0n) is 13.5. The number of aromatic nitrogens is 3. The Labute approximate surface area is 139 Å². The van der Waals surface area contributed by atoms with Crippen molar-refractivity contribution in [1.29, 1.82) is 0 Å². The van der Waals surface area contributed by atoms with Crippen molar-refractivity contribution in [3.63, 3.8) is 0 Å². The Balaban J connectivity index is 1.37. The van der Waals surface area contributed by atoms with Gasteiger partial charge < -0.3 is 15.4 Å². The number of piperidine rings is 1. The fraction of sp³-hybridized carbons (Fsp3) is 0.562. The number of fused-ring (bicyclic) bond motifs is 1. The topological polar surface area (TPSA) is 95.2 Å². The van der Waals surface area contributed by atoms with Crippen molar-refractivity contribution in [2.45, 2.75) is 31.3 Å². The number of urea groups is 1. The Morgan fingerprint density at radius 2 is 2.00 bits per heavy atom. The largest absolute Gasteiger partial charge is 0.378 e. The zero-order valence-corrected chi connectivity index (χ0v) is 13.5. The molecule has 0 bridgehead atoms. The minimum Gasteiger partial charge on any atom is -0.378 e. The van der Waals surface area contributed by atoms with Gasteiger partial charge in [-0.3, -0.25) is 4.90 Å². The van der Waals surface area contributed by atoms with E-state index in [1.807, 2.05) is 12.1 Å². The summed E-state index contributed by atoms with van der Waals surface area (Å²) in [5, 5.41) is 16.5. The van der Waals surface area contributed by atoms with Crippen LogP contribution in [0.2, 0.25) is 0 Å². The van der Waals surface area contributed by atoms with Crippen molar-refractivity contribution in [2.24, 2.45) is 0 Å². The van der Waals surface area contributed by atoms with Gasteiger partial charge in [-0.1, -0.05) is 6.42 Å². The molecule has 0 saturated carbocycles. The smallest absolute Gasteiger partial charge is 0.319 e. The standard InChI is InChI=1S/C16H22N6O2/c23-16(17-11-4-5-12-13(8-11)20-21-19-12)18-14-9-24-10-15(14)22-6-2-1-3-7-22/h4-5,8,14-15H,1-3,6-7,9-10H2,(H2,17,18,23)(H,19,20,21)/t14-,15-/m1/s1. The molecule has 2 saturated heterocycles. The van der Waals surface area contributed by atoms with E-state index in [0.717, 1.165) is 24.1 Å². The molecule has 0 spiro atoms. The van der Waals surface area contributed by atoms with Gasteiger partial charge in [0.2, 0.25) is 0 Å². The van der Waals surface area contributed by atoms with Crippen molar-refractivity contribution in [3.8, 4) is 0 Å². The zero-order chi connectivity index (χ0) is 16.4. The Hall–Kier alpha value is -2.19. The summed E-state index contributed by atoms with van der Waals surface area (Å²) in [6, 6.07) is 5.52. The number of amides is 2. The van der Waals surface area contributed by atoms with E-state index in [-0.39, 0.29) is 18.1 Å². The van der Waals surface area contributed by atoms with Crippen LogP contribution in [-0.2, 0) is 4.74 Å². The summed E-state index contributed by atoms with van der Waals surface area (Å²) < 4.78 is 5.61. The van der Waals surface area contributed by atoms with Crippen LogP contribution in [0.1, 0.15) is 19.3 Å². The molecule has 0 unspecified atom stereocenters. The molecule has 2 aliphatic rings. The van der Waals surface area contributed by atoms with Gasteiger partial charge >= 0.3 is 6.03 Å². The minimum atomic E-state index is -0.213. The van der Waals surface area contributed by atoms with Crippen LogP contribution in [0.4, 0.5) is 10.5 Å². The molecule has 3 heterocycles. The highest BCUT2D eigenvalue weighted by Gasteiger charge is 2.34. The molecule has 24 heavy (non-hydrogen) atoms. The molecule has 8 nitrogen and oxygen atoms in total. The molecule has 4 rings (SSSR count). The highest BCUT2D eigenvalue weighted by Crippen LogP contribution is 2.19. The lowest BCUT2D eigenvalue weighted by molar-refractivity contribution is 0.125. The third-order valence-electron chi connectivity index (χ3n) is 4.80. The number of ether oxygens (including phenoxy) is 1. The maximum Gasteiger partial charge on any atom is 0.319 e. The van der Waals surface area contributed by atoms with Crippen LogP contribution >= 0.6 is 0 Å². The Morgan fingerprint density at radius 1 is 1.17 bits per heavy atom. The van der Waals surface area contributed by atoms with Crippen molar-refractivity contribution >= 4 is 22.8 Å². The lowest BCUT2D eigenvalue weighted by Gasteiger charge is -2.34. The molecule has 2 atom stereocenters. The van der Waals surface area contributed by atoms with E-state index in [9.17, 15) is 4.79 Å². The minimum absolute atomic E-state index is 0.0267. The first-order valence-corrected chi connectivity index (χ1v) is 8.49. The number of carbonyl (C=O) groups excluding carboxylic acids is 1. The third-order valence-corrected chi connectivity index (χ3v) is 4.80. The van der Waals surface area contributed by atoms with E-state index in [1.165, 1.54) is 19.3 Å². The number of H-pyrrole nitrogens is 1. The molecule has 3 N–H and O–H groups in total. The van der Waals surface area contributed by atoms with Crippen LogP contribution in [0.15, 0.2) is 18.2 Å². The number of likely N-dealkylation sites (tertiary alicyclic amines) is 1. The first-order chi connectivity index (χ1) is 11.8. The third kappa shape index (κ3) is 3.20. The van der Waals surface area contributed by atoms with Gasteiger partial charge in [-0.05, 0) is 44.1 Å². The lowest BCUT2D eigenvalue weighted by Crippen LogP contribution is -2.53. The van der Waals surface area contributed by atoms with Gasteiger partial charge in [-0.25, -0.2) is 4.79 Å². The molecule has 2 aliphatic heterocycles. The number of nitrogens with zero attached hydrogens (tertiary/aromatic N) is 3. The van der Waals surface area contributed by atoms with Gasteiger partial charge in [-0.2, -0.15) is 15.4 Å². The molecule has 2 fully saturated rings. The molecule has 0 aliphatic carbocycles. The second-order valence-corrected chi connectivity index (χ2v) is 6.43. The second-order valence-electron chi connectivity index (χ2n) is 6.43. The average molecular weight is 330 g/mol. The number of anilines is 1. The molecule has 0 radical (unpaired) electrons. The van der Waals surface area contributed by atoms with E-state index < -0.39 is 0 Å². The lowest BCUT2D eigenvalue weighted by atomic mass is 10.1. The predicted octanol–water partition coefficient (Wildman–Crippen LogP) is 1.33. The van der Waals surface area contributed by atoms with E-state index in [1.54, 1.807) is 6.07 Å². The van der Waals surface area contributed by atoms with Gasteiger partial charge in [0.25, 0.3) is 0 Å². The van der Waals surface area contributed by atoms with Crippen LogP contribution in [0, 0.1) is 0 Å². The van der Waals surface area contributed by atoms with E-state index >= 15 is 0 Å². The molecule has 1 aromatic carbocycles. The summed E-state index contributed by atoms with van der Waals surface area (Å²) in [7, 11) is 0. The quantitative estimate of drug-likeness (QED) is 0.789. The van der Waals surface area contributed by atoms with Crippen molar-refractivity contribution < 1.29 is 9.53 Å². The second kappa shape index (κ2) is 6.74. The van der Waals surface area contributed by atoms with Gasteiger partial charge in [0.15, 0.2) is 0 Å². The van der Waals surface area contributed by atoms with Crippen LogP contribution in [0.5, 0.6) is 0 Å². The molecular weight excluding hydrogens is 308 g/mol. The highest BCUT2D eigenvalue weighted by molar-refractivity contribution is 5.91. The molecule has 8 heteroatoms. The number of hydrogen-bond acceptors (Lipinski definition) is 5. The number of nitrogens with one attached hydrogen (secondary N) is 3. The summed E-state index contributed by atoms with van der Waals surface area (Å²) in [6.07, 6.45) is 3.76. The highest BCUT2D eigenvalue weighted by atomic mass is 16.5. The summed E-state index contributed by atoms with van der Waals surface area (Å²) in [4.78, 5) is 14.8. The van der Waals surface area contributed by atoms with E-state index in [4.69, 9.17) is 4.74 Å². The number of rotatable bonds is 3. The Bertz CT molecular complexity index is 711. The van der Waals surface area contributed by atoms with Crippen LogP contribution < -0.4 is 10.6 Å². The SMILES string of the molecule is O=C(Nc1ccc2n[nH]nc2c1)N[C@@H]1COC[C@H]1N1CCCCC1. The van der Waals surface area contributed by atoms with Crippen molar-refractivity contribution in [1.82, 2.24) is 25.6 Å². The van der Waals surface area contributed by atoms with Crippen molar-refractivity contribution in [2.75, 3.05) is 31.6 Å². The number of hydrogen-bond donors (Lipinski definition) is 3. The predicted molar refractivity (Wildman–Crippen MR) is 89.9 cm³/mol. The maximum atomic E-state index is 12.3. The fourth-order valence-corrected chi connectivity index (χ4v) is 3.54. The first kappa shape index (κ1) is 15.3. The monoisotopic (exact) mass is 330 g/mol.